The van der Waals surface area contributed by atoms with Gasteiger partial charge < -0.3 is 20.3 Å². The number of carbonyl (C=O) groups excluding carboxylic acids is 1. The zero-order valence-electron chi connectivity index (χ0n) is 13.2. The molecule has 1 aliphatic rings. The molecule has 3 rings (SSSR count). The molecular weight excluding hydrogens is 326 g/mol. The van der Waals surface area contributed by atoms with Crippen molar-refractivity contribution in [2.45, 2.75) is 6.10 Å². The highest BCUT2D eigenvalue weighted by Crippen LogP contribution is 2.17. The summed E-state index contributed by atoms with van der Waals surface area (Å²) in [6.45, 7) is 2.71. The lowest BCUT2D eigenvalue weighted by Crippen LogP contribution is -2.48. The second kappa shape index (κ2) is 8.04. The summed E-state index contributed by atoms with van der Waals surface area (Å²) in [5, 5.41) is 6.19. The SMILES string of the molecule is O=C(NCC1CN(c2ccccc2)CCO1)Nc1cccc(Cl)c1. The number of nitrogens with zero attached hydrogens (tertiary/aromatic N) is 1. The maximum absolute atomic E-state index is 12.0. The highest BCUT2D eigenvalue weighted by molar-refractivity contribution is 6.30. The molecule has 2 N–H and O–H groups in total. The molecule has 0 bridgehead atoms. The van der Waals surface area contributed by atoms with Crippen LogP contribution in [0.25, 0.3) is 0 Å². The summed E-state index contributed by atoms with van der Waals surface area (Å²) in [6, 6.07) is 17.0. The Balaban J connectivity index is 1.48. The van der Waals surface area contributed by atoms with Gasteiger partial charge in [-0.3, -0.25) is 0 Å². The van der Waals surface area contributed by atoms with E-state index in [2.05, 4.69) is 27.7 Å². The quantitative estimate of drug-likeness (QED) is 0.893. The van der Waals surface area contributed by atoms with E-state index >= 15 is 0 Å². The van der Waals surface area contributed by atoms with Crippen LogP contribution in [0.15, 0.2) is 54.6 Å². The minimum Gasteiger partial charge on any atom is -0.373 e. The van der Waals surface area contributed by atoms with Crippen LogP contribution in [-0.2, 0) is 4.74 Å². The number of nitrogens with one attached hydrogen (secondary N) is 2. The van der Waals surface area contributed by atoms with Crippen molar-refractivity contribution in [1.29, 1.82) is 0 Å². The summed E-state index contributed by atoms with van der Waals surface area (Å²) in [5.41, 5.74) is 1.84. The van der Waals surface area contributed by atoms with E-state index in [4.69, 9.17) is 16.3 Å². The lowest BCUT2D eigenvalue weighted by Gasteiger charge is -2.34. The fourth-order valence-corrected chi connectivity index (χ4v) is 2.85. The normalized spacial score (nSPS) is 17.4. The smallest absolute Gasteiger partial charge is 0.319 e. The summed E-state index contributed by atoms with van der Waals surface area (Å²) in [7, 11) is 0. The largest absolute Gasteiger partial charge is 0.373 e. The summed E-state index contributed by atoms with van der Waals surface area (Å²) >= 11 is 5.90. The van der Waals surface area contributed by atoms with Gasteiger partial charge in [-0.05, 0) is 30.3 Å². The number of hydrogen-bond donors (Lipinski definition) is 2. The van der Waals surface area contributed by atoms with Crippen molar-refractivity contribution in [2.24, 2.45) is 0 Å². The van der Waals surface area contributed by atoms with Crippen LogP contribution in [0.4, 0.5) is 16.2 Å². The zero-order chi connectivity index (χ0) is 16.8. The molecule has 2 aromatic carbocycles. The first kappa shape index (κ1) is 16.6. The van der Waals surface area contributed by atoms with Gasteiger partial charge in [-0.2, -0.15) is 0 Å². The molecule has 1 saturated heterocycles. The molecule has 1 atom stereocenters. The first-order valence-corrected chi connectivity index (χ1v) is 8.30. The highest BCUT2D eigenvalue weighted by Gasteiger charge is 2.21. The van der Waals surface area contributed by atoms with Crippen molar-refractivity contribution in [2.75, 3.05) is 36.5 Å². The molecule has 0 saturated carbocycles. The lowest BCUT2D eigenvalue weighted by molar-refractivity contribution is 0.0427. The van der Waals surface area contributed by atoms with Gasteiger partial charge in [-0.25, -0.2) is 4.79 Å². The predicted molar refractivity (Wildman–Crippen MR) is 96.9 cm³/mol. The molecule has 1 unspecified atom stereocenters. The van der Waals surface area contributed by atoms with E-state index in [0.717, 1.165) is 13.1 Å². The van der Waals surface area contributed by atoms with Crippen molar-refractivity contribution in [1.82, 2.24) is 5.32 Å². The summed E-state index contributed by atoms with van der Waals surface area (Å²) in [6.07, 6.45) is -0.0379. The van der Waals surface area contributed by atoms with Crippen LogP contribution < -0.4 is 15.5 Å². The average molecular weight is 346 g/mol. The Morgan fingerprint density at radius 3 is 2.83 bits per heavy atom. The van der Waals surface area contributed by atoms with Crippen LogP contribution in [0.5, 0.6) is 0 Å². The third kappa shape index (κ3) is 4.63. The van der Waals surface area contributed by atoms with Crippen molar-refractivity contribution >= 4 is 29.0 Å². The van der Waals surface area contributed by atoms with Crippen molar-refractivity contribution in [3.63, 3.8) is 0 Å². The molecule has 0 radical (unpaired) electrons. The lowest BCUT2D eigenvalue weighted by atomic mass is 10.2. The molecule has 0 spiro atoms. The molecule has 5 nitrogen and oxygen atoms in total. The molecule has 2 amide bonds. The molecule has 0 aromatic heterocycles. The topological polar surface area (TPSA) is 53.6 Å². The van der Waals surface area contributed by atoms with Crippen molar-refractivity contribution in [3.05, 3.63) is 59.6 Å². The minimum atomic E-state index is -0.266. The molecular formula is C18H20ClN3O2. The number of carbonyl (C=O) groups is 1. The molecule has 24 heavy (non-hydrogen) atoms. The monoisotopic (exact) mass is 345 g/mol. The number of benzene rings is 2. The van der Waals surface area contributed by atoms with Gasteiger partial charge in [-0.1, -0.05) is 35.9 Å². The standard InChI is InChI=1S/C18H20ClN3O2/c19-14-5-4-6-15(11-14)21-18(23)20-12-17-13-22(9-10-24-17)16-7-2-1-3-8-16/h1-8,11,17H,9-10,12-13H2,(H2,20,21,23). The number of halogens is 1. The Morgan fingerprint density at radius 2 is 2.04 bits per heavy atom. The second-order valence-electron chi connectivity index (χ2n) is 5.62. The summed E-state index contributed by atoms with van der Waals surface area (Å²) in [5.74, 6) is 0. The maximum Gasteiger partial charge on any atom is 0.319 e. The maximum atomic E-state index is 12.0. The third-order valence-corrected chi connectivity index (χ3v) is 4.07. The van der Waals surface area contributed by atoms with Crippen molar-refractivity contribution < 1.29 is 9.53 Å². The zero-order valence-corrected chi connectivity index (χ0v) is 14.0. The van der Waals surface area contributed by atoms with E-state index in [9.17, 15) is 4.79 Å². The van der Waals surface area contributed by atoms with Crippen LogP contribution in [-0.4, -0.2) is 38.4 Å². The van der Waals surface area contributed by atoms with E-state index < -0.39 is 0 Å². The van der Waals surface area contributed by atoms with Gasteiger partial charge in [0.1, 0.15) is 0 Å². The van der Waals surface area contributed by atoms with Gasteiger partial charge in [-0.15, -0.1) is 0 Å². The average Bonchev–Trinajstić information content (AvgIpc) is 2.61. The van der Waals surface area contributed by atoms with Crippen LogP contribution in [0, 0.1) is 0 Å². The van der Waals surface area contributed by atoms with Crippen molar-refractivity contribution in [3.8, 4) is 0 Å². The number of amides is 2. The number of urea groups is 1. The number of rotatable bonds is 4. The van der Waals surface area contributed by atoms with Gasteiger partial charge in [0.05, 0.1) is 12.7 Å². The first-order chi connectivity index (χ1) is 11.7. The van der Waals surface area contributed by atoms with Gasteiger partial charge in [0.2, 0.25) is 0 Å². The summed E-state index contributed by atoms with van der Waals surface area (Å²) in [4.78, 5) is 14.3. The number of hydrogen-bond acceptors (Lipinski definition) is 3. The number of ether oxygens (including phenoxy) is 1. The summed E-state index contributed by atoms with van der Waals surface area (Å²) < 4.78 is 5.74. The molecule has 2 aromatic rings. The predicted octanol–water partition coefficient (Wildman–Crippen LogP) is 3.37. The number of anilines is 2. The number of morpholine rings is 1. The van der Waals surface area contributed by atoms with Crippen LogP contribution in [0.3, 0.4) is 0 Å². The first-order valence-electron chi connectivity index (χ1n) is 7.93. The van der Waals surface area contributed by atoms with E-state index in [-0.39, 0.29) is 12.1 Å². The van der Waals surface area contributed by atoms with Crippen LogP contribution in [0.1, 0.15) is 0 Å². The Kier molecular flexibility index (Phi) is 5.56. The van der Waals surface area contributed by atoms with Crippen LogP contribution in [0.2, 0.25) is 5.02 Å². The molecule has 1 heterocycles. The minimum absolute atomic E-state index is 0.0379. The van der Waals surface area contributed by atoms with Gasteiger partial charge in [0, 0.05) is 36.0 Å². The molecule has 1 fully saturated rings. The third-order valence-electron chi connectivity index (χ3n) is 3.83. The molecule has 1 aliphatic heterocycles. The Labute approximate surface area is 146 Å². The van der Waals surface area contributed by atoms with Gasteiger partial charge >= 0.3 is 6.03 Å². The van der Waals surface area contributed by atoms with E-state index in [1.165, 1.54) is 5.69 Å². The van der Waals surface area contributed by atoms with Gasteiger partial charge in [0.25, 0.3) is 0 Å². The van der Waals surface area contributed by atoms with Gasteiger partial charge in [0.15, 0.2) is 0 Å². The van der Waals surface area contributed by atoms with Crippen LogP contribution >= 0.6 is 11.6 Å². The molecule has 0 aliphatic carbocycles. The Morgan fingerprint density at radius 1 is 1.21 bits per heavy atom. The number of para-hydroxylation sites is 1. The Bertz CT molecular complexity index is 681. The second-order valence-corrected chi connectivity index (χ2v) is 6.06. The highest BCUT2D eigenvalue weighted by atomic mass is 35.5. The van der Waals surface area contributed by atoms with E-state index in [1.54, 1.807) is 24.3 Å². The molecule has 6 heteroatoms. The van der Waals surface area contributed by atoms with E-state index in [0.29, 0.717) is 23.9 Å². The fraction of sp³-hybridized carbons (Fsp3) is 0.278. The van der Waals surface area contributed by atoms with E-state index in [1.807, 2.05) is 18.2 Å². The Hall–Kier alpha value is -2.24. The fourth-order valence-electron chi connectivity index (χ4n) is 2.66. The molecule has 126 valence electrons.